The molecule has 0 amide bonds. The second-order valence-corrected chi connectivity index (χ2v) is 5.03. The van der Waals surface area contributed by atoms with Gasteiger partial charge in [-0.15, -0.1) is 0 Å². The van der Waals surface area contributed by atoms with Gasteiger partial charge in [0.05, 0.1) is 19.2 Å². The van der Waals surface area contributed by atoms with E-state index in [0.717, 1.165) is 48.5 Å². The molecule has 114 valence electrons. The molecule has 0 aliphatic rings. The zero-order valence-electron chi connectivity index (χ0n) is 12.9. The summed E-state index contributed by atoms with van der Waals surface area (Å²) in [6.45, 7) is 5.10. The van der Waals surface area contributed by atoms with E-state index in [1.807, 2.05) is 25.1 Å². The van der Waals surface area contributed by atoms with E-state index in [1.54, 1.807) is 7.11 Å². The first-order chi connectivity index (χ1) is 10.1. The molecule has 0 aliphatic carbocycles. The number of benzene rings is 1. The van der Waals surface area contributed by atoms with Gasteiger partial charge in [0.1, 0.15) is 11.6 Å². The average molecular weight is 289 g/mol. The van der Waals surface area contributed by atoms with Gasteiger partial charge in [-0.1, -0.05) is 0 Å². The molecule has 2 rings (SSSR count). The summed E-state index contributed by atoms with van der Waals surface area (Å²) in [6, 6.07) is 7.93. The second kappa shape index (κ2) is 7.24. The van der Waals surface area contributed by atoms with E-state index in [4.69, 9.17) is 15.2 Å². The molecule has 0 fully saturated rings. The zero-order chi connectivity index (χ0) is 15.2. The summed E-state index contributed by atoms with van der Waals surface area (Å²) < 4.78 is 10.6. The summed E-state index contributed by atoms with van der Waals surface area (Å²) in [7, 11) is 3.70. The molecule has 0 atom stereocenters. The van der Waals surface area contributed by atoms with Crippen molar-refractivity contribution in [2.45, 2.75) is 13.5 Å². The summed E-state index contributed by atoms with van der Waals surface area (Å²) in [5.41, 5.74) is 7.96. The first-order valence-electron chi connectivity index (χ1n) is 7.13. The van der Waals surface area contributed by atoms with Gasteiger partial charge in [0, 0.05) is 36.7 Å². The lowest BCUT2D eigenvalue weighted by molar-refractivity contribution is 0.120. The molecule has 0 spiro atoms. The zero-order valence-corrected chi connectivity index (χ0v) is 12.9. The number of nitrogens with zero attached hydrogens (tertiary/aromatic N) is 2. The third-order valence-electron chi connectivity index (χ3n) is 3.40. The molecule has 0 aliphatic heterocycles. The molecule has 0 saturated carbocycles. The molecule has 21 heavy (non-hydrogen) atoms. The van der Waals surface area contributed by atoms with E-state index in [-0.39, 0.29) is 0 Å². The summed E-state index contributed by atoms with van der Waals surface area (Å²) in [5.74, 6) is 1.36. The standard InChI is InChI=1S/C16H23N3O2/c1-4-21-8-7-19(2)11-13-9-12-5-6-14(20-3)10-15(12)18-16(13)17/h5-6,9-10H,4,7-8,11H2,1-3H3,(H2,17,18). The van der Waals surface area contributed by atoms with Crippen molar-refractivity contribution < 1.29 is 9.47 Å². The summed E-state index contributed by atoms with van der Waals surface area (Å²) in [6.07, 6.45) is 0. The Morgan fingerprint density at radius 1 is 1.29 bits per heavy atom. The van der Waals surface area contributed by atoms with Crippen LogP contribution in [-0.4, -0.2) is 43.8 Å². The third kappa shape index (κ3) is 4.06. The van der Waals surface area contributed by atoms with Crippen LogP contribution in [0.4, 0.5) is 5.82 Å². The number of nitrogen functional groups attached to an aromatic ring is 1. The fraction of sp³-hybridized carbons (Fsp3) is 0.438. The molecule has 0 bridgehead atoms. The van der Waals surface area contributed by atoms with Crippen molar-refractivity contribution in [1.29, 1.82) is 0 Å². The van der Waals surface area contributed by atoms with Gasteiger partial charge in [0.25, 0.3) is 0 Å². The fourth-order valence-corrected chi connectivity index (χ4v) is 2.19. The van der Waals surface area contributed by atoms with Crippen LogP contribution >= 0.6 is 0 Å². The van der Waals surface area contributed by atoms with E-state index >= 15 is 0 Å². The first kappa shape index (κ1) is 15.5. The minimum Gasteiger partial charge on any atom is -0.497 e. The van der Waals surface area contributed by atoms with E-state index < -0.39 is 0 Å². The Kier molecular flexibility index (Phi) is 5.36. The molecule has 5 nitrogen and oxygen atoms in total. The van der Waals surface area contributed by atoms with E-state index in [9.17, 15) is 0 Å². The van der Waals surface area contributed by atoms with Crippen LogP contribution in [0.2, 0.25) is 0 Å². The van der Waals surface area contributed by atoms with Gasteiger partial charge in [0.15, 0.2) is 0 Å². The number of aromatic nitrogens is 1. The molecule has 5 heteroatoms. The van der Waals surface area contributed by atoms with Gasteiger partial charge < -0.3 is 15.2 Å². The summed E-state index contributed by atoms with van der Waals surface area (Å²) in [5, 5.41) is 1.07. The van der Waals surface area contributed by atoms with Crippen molar-refractivity contribution in [2.75, 3.05) is 39.6 Å². The number of rotatable bonds is 7. The predicted octanol–water partition coefficient (Wildman–Crippen LogP) is 2.29. The molecule has 1 heterocycles. The van der Waals surface area contributed by atoms with Crippen molar-refractivity contribution in [1.82, 2.24) is 9.88 Å². The van der Waals surface area contributed by atoms with Crippen molar-refractivity contribution in [2.24, 2.45) is 0 Å². The topological polar surface area (TPSA) is 60.6 Å². The largest absolute Gasteiger partial charge is 0.497 e. The quantitative estimate of drug-likeness (QED) is 0.792. The Labute approximate surface area is 125 Å². The van der Waals surface area contributed by atoms with Crippen LogP contribution in [0.25, 0.3) is 10.9 Å². The first-order valence-corrected chi connectivity index (χ1v) is 7.13. The van der Waals surface area contributed by atoms with Crippen molar-refractivity contribution >= 4 is 16.7 Å². The van der Waals surface area contributed by atoms with Crippen LogP contribution in [0.5, 0.6) is 5.75 Å². The van der Waals surface area contributed by atoms with Crippen LogP contribution < -0.4 is 10.5 Å². The molecule has 0 radical (unpaired) electrons. The predicted molar refractivity (Wildman–Crippen MR) is 85.5 cm³/mol. The van der Waals surface area contributed by atoms with Crippen LogP contribution in [-0.2, 0) is 11.3 Å². The number of likely N-dealkylation sites (N-methyl/N-ethyl adjacent to an activating group) is 1. The highest BCUT2D eigenvalue weighted by Crippen LogP contribution is 2.23. The van der Waals surface area contributed by atoms with Gasteiger partial charge in [-0.05, 0) is 32.2 Å². The lowest BCUT2D eigenvalue weighted by atomic mass is 10.1. The Bertz CT molecular complexity index is 601. The Morgan fingerprint density at radius 2 is 2.10 bits per heavy atom. The number of pyridine rings is 1. The number of fused-ring (bicyclic) bond motifs is 1. The SMILES string of the molecule is CCOCCN(C)Cc1cc2ccc(OC)cc2nc1N. The maximum atomic E-state index is 6.07. The maximum absolute atomic E-state index is 6.07. The average Bonchev–Trinajstić information content (AvgIpc) is 2.48. The minimum absolute atomic E-state index is 0.569. The number of nitrogens with two attached hydrogens (primary N) is 1. The summed E-state index contributed by atoms with van der Waals surface area (Å²) >= 11 is 0. The highest BCUT2D eigenvalue weighted by atomic mass is 16.5. The van der Waals surface area contributed by atoms with Gasteiger partial charge in [0.2, 0.25) is 0 Å². The van der Waals surface area contributed by atoms with Crippen LogP contribution in [0.3, 0.4) is 0 Å². The molecule has 1 aromatic heterocycles. The monoisotopic (exact) mass is 289 g/mol. The summed E-state index contributed by atoms with van der Waals surface area (Å²) in [4.78, 5) is 6.65. The fourth-order valence-electron chi connectivity index (χ4n) is 2.19. The van der Waals surface area contributed by atoms with Crippen LogP contribution in [0.15, 0.2) is 24.3 Å². The van der Waals surface area contributed by atoms with Gasteiger partial charge in [-0.3, -0.25) is 4.90 Å². The normalized spacial score (nSPS) is 11.2. The van der Waals surface area contributed by atoms with Gasteiger partial charge >= 0.3 is 0 Å². The molecule has 0 saturated heterocycles. The lowest BCUT2D eigenvalue weighted by Gasteiger charge is -2.17. The second-order valence-electron chi connectivity index (χ2n) is 5.03. The van der Waals surface area contributed by atoms with Crippen LogP contribution in [0.1, 0.15) is 12.5 Å². The maximum Gasteiger partial charge on any atom is 0.128 e. The van der Waals surface area contributed by atoms with Crippen molar-refractivity contribution in [3.63, 3.8) is 0 Å². The smallest absolute Gasteiger partial charge is 0.128 e. The molecule has 2 aromatic rings. The molecule has 2 N–H and O–H groups in total. The molecular weight excluding hydrogens is 266 g/mol. The number of hydrogen-bond donors (Lipinski definition) is 1. The Hall–Kier alpha value is -1.85. The number of hydrogen-bond acceptors (Lipinski definition) is 5. The van der Waals surface area contributed by atoms with Crippen molar-refractivity contribution in [3.05, 3.63) is 29.8 Å². The Balaban J connectivity index is 2.15. The molecule has 0 unspecified atom stereocenters. The molecular formula is C16H23N3O2. The van der Waals surface area contributed by atoms with E-state index in [1.165, 1.54) is 0 Å². The van der Waals surface area contributed by atoms with E-state index in [0.29, 0.717) is 5.82 Å². The number of ether oxygens (including phenoxy) is 2. The van der Waals surface area contributed by atoms with Gasteiger partial charge in [-0.2, -0.15) is 0 Å². The third-order valence-corrected chi connectivity index (χ3v) is 3.40. The highest BCUT2D eigenvalue weighted by Gasteiger charge is 2.08. The van der Waals surface area contributed by atoms with Crippen molar-refractivity contribution in [3.8, 4) is 5.75 Å². The Morgan fingerprint density at radius 3 is 2.81 bits per heavy atom. The van der Waals surface area contributed by atoms with E-state index in [2.05, 4.69) is 23.0 Å². The number of methoxy groups -OCH3 is 1. The minimum atomic E-state index is 0.569. The van der Waals surface area contributed by atoms with Gasteiger partial charge in [-0.25, -0.2) is 4.98 Å². The molecule has 1 aromatic carbocycles. The number of anilines is 1. The lowest BCUT2D eigenvalue weighted by Crippen LogP contribution is -2.23. The highest BCUT2D eigenvalue weighted by molar-refractivity contribution is 5.82. The van der Waals surface area contributed by atoms with Crippen LogP contribution in [0, 0.1) is 0 Å².